The highest BCUT2D eigenvalue weighted by molar-refractivity contribution is 5.53. The predicted molar refractivity (Wildman–Crippen MR) is 72.6 cm³/mol. The summed E-state index contributed by atoms with van der Waals surface area (Å²) in [4.78, 5) is 6.76. The molecular formula is C12H19N7. The molecule has 102 valence electrons. The smallest absolute Gasteiger partial charge is 0.245 e. The van der Waals surface area contributed by atoms with Crippen LogP contribution in [0.4, 0.5) is 5.95 Å². The van der Waals surface area contributed by atoms with Crippen molar-refractivity contribution < 1.29 is 0 Å². The molecule has 1 unspecified atom stereocenters. The molecule has 0 spiro atoms. The van der Waals surface area contributed by atoms with E-state index >= 15 is 0 Å². The summed E-state index contributed by atoms with van der Waals surface area (Å²) in [5.74, 6) is 2.07. The minimum Gasteiger partial charge on any atom is -0.339 e. The molecule has 7 nitrogen and oxygen atoms in total. The molecule has 1 saturated heterocycles. The highest BCUT2D eigenvalue weighted by atomic mass is 15.4. The van der Waals surface area contributed by atoms with Gasteiger partial charge < -0.3 is 10.6 Å². The average Bonchev–Trinajstić information content (AvgIpc) is 3.07. The Bertz CT molecular complexity index is 544. The predicted octanol–water partition coefficient (Wildman–Crippen LogP) is 0.380. The van der Waals surface area contributed by atoms with Crippen molar-refractivity contribution in [1.82, 2.24) is 25.0 Å². The van der Waals surface area contributed by atoms with Crippen LogP contribution in [0.3, 0.4) is 0 Å². The third kappa shape index (κ3) is 2.46. The summed E-state index contributed by atoms with van der Waals surface area (Å²) in [6.07, 6.45) is 6.05. The lowest BCUT2D eigenvalue weighted by Gasteiger charge is -2.31. The zero-order valence-electron chi connectivity index (χ0n) is 11.1. The second-order valence-corrected chi connectivity index (χ2v) is 5.08. The van der Waals surface area contributed by atoms with Crippen molar-refractivity contribution in [3.05, 3.63) is 12.4 Å². The van der Waals surface area contributed by atoms with Crippen LogP contribution >= 0.6 is 0 Å². The molecule has 7 heteroatoms. The van der Waals surface area contributed by atoms with Crippen molar-refractivity contribution in [2.24, 2.45) is 18.7 Å². The number of piperidine rings is 1. The van der Waals surface area contributed by atoms with Gasteiger partial charge in [0.15, 0.2) is 5.82 Å². The van der Waals surface area contributed by atoms with Gasteiger partial charge in [0.1, 0.15) is 0 Å². The Morgan fingerprint density at radius 2 is 2.42 bits per heavy atom. The number of H-pyrrole nitrogens is 1. The van der Waals surface area contributed by atoms with E-state index in [1.807, 2.05) is 13.2 Å². The molecule has 0 aromatic carbocycles. The van der Waals surface area contributed by atoms with E-state index in [4.69, 9.17) is 5.73 Å². The lowest BCUT2D eigenvalue weighted by atomic mass is 9.99. The number of aryl methyl sites for hydroxylation is 1. The molecule has 0 saturated carbocycles. The maximum atomic E-state index is 5.76. The molecule has 1 fully saturated rings. The van der Waals surface area contributed by atoms with Crippen LogP contribution in [0.5, 0.6) is 0 Å². The number of hydrogen-bond donors (Lipinski definition) is 2. The van der Waals surface area contributed by atoms with E-state index in [9.17, 15) is 0 Å². The van der Waals surface area contributed by atoms with Gasteiger partial charge in [-0.25, -0.2) is 0 Å². The number of nitrogens with zero attached hydrogens (tertiary/aromatic N) is 5. The molecule has 1 atom stereocenters. The fourth-order valence-corrected chi connectivity index (χ4v) is 2.51. The molecule has 3 rings (SSSR count). The van der Waals surface area contributed by atoms with Gasteiger partial charge in [-0.3, -0.25) is 9.78 Å². The minimum atomic E-state index is 0.550. The van der Waals surface area contributed by atoms with Gasteiger partial charge in [-0.1, -0.05) is 0 Å². The highest BCUT2D eigenvalue weighted by Gasteiger charge is 2.22. The lowest BCUT2D eigenvalue weighted by molar-refractivity contribution is 0.420. The highest BCUT2D eigenvalue weighted by Crippen LogP contribution is 2.21. The second kappa shape index (κ2) is 5.00. The number of aromatic amines is 1. The van der Waals surface area contributed by atoms with Crippen molar-refractivity contribution in [3.63, 3.8) is 0 Å². The molecule has 1 aliphatic rings. The molecule has 1 aliphatic heterocycles. The van der Waals surface area contributed by atoms with E-state index in [-0.39, 0.29) is 0 Å². The van der Waals surface area contributed by atoms with Gasteiger partial charge in [-0.15, -0.1) is 5.10 Å². The molecule has 3 heterocycles. The third-order valence-corrected chi connectivity index (χ3v) is 3.59. The van der Waals surface area contributed by atoms with E-state index in [1.54, 1.807) is 10.9 Å². The average molecular weight is 261 g/mol. The zero-order chi connectivity index (χ0) is 13.2. The maximum Gasteiger partial charge on any atom is 0.245 e. The number of aromatic nitrogens is 5. The molecule has 2 aromatic rings. The van der Waals surface area contributed by atoms with Crippen LogP contribution in [0.25, 0.3) is 11.4 Å². The summed E-state index contributed by atoms with van der Waals surface area (Å²) < 4.78 is 1.75. The molecule has 2 aromatic heterocycles. The molecule has 0 bridgehead atoms. The van der Waals surface area contributed by atoms with Gasteiger partial charge in [0, 0.05) is 26.3 Å². The van der Waals surface area contributed by atoms with Gasteiger partial charge in [0.2, 0.25) is 5.95 Å². The van der Waals surface area contributed by atoms with Crippen LogP contribution in [0.1, 0.15) is 12.8 Å². The Morgan fingerprint density at radius 1 is 1.53 bits per heavy atom. The number of nitrogens with two attached hydrogens (primary N) is 1. The van der Waals surface area contributed by atoms with E-state index in [1.165, 1.54) is 6.42 Å². The van der Waals surface area contributed by atoms with Gasteiger partial charge in [-0.05, 0) is 25.3 Å². The summed E-state index contributed by atoms with van der Waals surface area (Å²) in [7, 11) is 1.89. The Hall–Kier alpha value is -1.89. The summed E-state index contributed by atoms with van der Waals surface area (Å²) >= 11 is 0. The van der Waals surface area contributed by atoms with E-state index in [0.29, 0.717) is 5.92 Å². The van der Waals surface area contributed by atoms with Gasteiger partial charge >= 0.3 is 0 Å². The third-order valence-electron chi connectivity index (χ3n) is 3.59. The summed E-state index contributed by atoms with van der Waals surface area (Å²) in [5.41, 5.74) is 6.71. The molecule has 0 aliphatic carbocycles. The first-order valence-electron chi connectivity index (χ1n) is 6.62. The first kappa shape index (κ1) is 12.2. The molecule has 3 N–H and O–H groups in total. The monoisotopic (exact) mass is 261 g/mol. The minimum absolute atomic E-state index is 0.550. The van der Waals surface area contributed by atoms with Gasteiger partial charge in [0.25, 0.3) is 0 Å². The van der Waals surface area contributed by atoms with Crippen molar-refractivity contribution in [2.75, 3.05) is 24.5 Å². The first-order valence-corrected chi connectivity index (χ1v) is 6.62. The number of nitrogens with one attached hydrogen (secondary N) is 1. The Morgan fingerprint density at radius 3 is 3.16 bits per heavy atom. The lowest BCUT2D eigenvalue weighted by Crippen LogP contribution is -2.38. The van der Waals surface area contributed by atoms with Crippen molar-refractivity contribution in [3.8, 4) is 11.4 Å². The topological polar surface area (TPSA) is 88.6 Å². The van der Waals surface area contributed by atoms with E-state index in [0.717, 1.165) is 43.4 Å². The van der Waals surface area contributed by atoms with Crippen molar-refractivity contribution >= 4 is 5.95 Å². The Balaban J connectivity index is 1.77. The maximum absolute atomic E-state index is 5.76. The summed E-state index contributed by atoms with van der Waals surface area (Å²) in [6.45, 7) is 2.68. The van der Waals surface area contributed by atoms with Crippen LogP contribution in [0.2, 0.25) is 0 Å². The van der Waals surface area contributed by atoms with Crippen molar-refractivity contribution in [2.45, 2.75) is 12.8 Å². The number of anilines is 1. The SMILES string of the molecule is Cn1cc(-c2nc(N3CCCC(CN)C3)n[nH]2)cn1. The fraction of sp³-hybridized carbons (Fsp3) is 0.583. The standard InChI is InChI=1S/C12H19N7/c1-18-8-10(6-14-18)11-15-12(17-16-11)19-4-2-3-9(5-13)7-19/h6,8-9H,2-5,7,13H2,1H3,(H,15,16,17). The quantitative estimate of drug-likeness (QED) is 0.834. The normalized spacial score (nSPS) is 19.9. The van der Waals surface area contributed by atoms with Crippen LogP contribution in [-0.4, -0.2) is 44.6 Å². The second-order valence-electron chi connectivity index (χ2n) is 5.08. The molecule has 19 heavy (non-hydrogen) atoms. The van der Waals surface area contributed by atoms with Crippen LogP contribution < -0.4 is 10.6 Å². The Kier molecular flexibility index (Phi) is 3.20. The van der Waals surface area contributed by atoms with Crippen molar-refractivity contribution in [1.29, 1.82) is 0 Å². The van der Waals surface area contributed by atoms with Crippen LogP contribution in [0.15, 0.2) is 12.4 Å². The molecular weight excluding hydrogens is 242 g/mol. The number of hydrogen-bond acceptors (Lipinski definition) is 5. The molecule has 0 amide bonds. The summed E-state index contributed by atoms with van der Waals surface area (Å²) in [6, 6.07) is 0. The first-order chi connectivity index (χ1) is 9.26. The van der Waals surface area contributed by atoms with Gasteiger partial charge in [-0.2, -0.15) is 10.1 Å². The fourth-order valence-electron chi connectivity index (χ4n) is 2.51. The van der Waals surface area contributed by atoms with E-state index in [2.05, 4.69) is 25.2 Å². The molecule has 0 radical (unpaired) electrons. The van der Waals surface area contributed by atoms with Crippen LogP contribution in [0, 0.1) is 5.92 Å². The number of rotatable bonds is 3. The largest absolute Gasteiger partial charge is 0.339 e. The zero-order valence-corrected chi connectivity index (χ0v) is 11.1. The summed E-state index contributed by atoms with van der Waals surface area (Å²) in [5, 5.41) is 11.4. The van der Waals surface area contributed by atoms with Crippen LogP contribution in [-0.2, 0) is 7.05 Å². The van der Waals surface area contributed by atoms with E-state index < -0.39 is 0 Å². The Labute approximate surface area is 111 Å². The van der Waals surface area contributed by atoms with Gasteiger partial charge in [0.05, 0.1) is 11.8 Å².